The molecule has 8 nitrogen and oxygen atoms in total. The van der Waals surface area contributed by atoms with Crippen LogP contribution in [0, 0.1) is 17.0 Å². The minimum absolute atomic E-state index is 0.0446. The third-order valence-corrected chi connectivity index (χ3v) is 3.22. The summed E-state index contributed by atoms with van der Waals surface area (Å²) >= 11 is 0. The maximum Gasteiger partial charge on any atom is 0.326 e. The predicted octanol–water partition coefficient (Wildman–Crippen LogP) is 3.42. The summed E-state index contributed by atoms with van der Waals surface area (Å²) in [5.74, 6) is 0.213. The first-order valence-electron chi connectivity index (χ1n) is 6.80. The number of nitro benzene ring substituents is 1. The van der Waals surface area contributed by atoms with E-state index in [4.69, 9.17) is 0 Å². The van der Waals surface area contributed by atoms with Gasteiger partial charge >= 0.3 is 6.03 Å². The van der Waals surface area contributed by atoms with E-state index in [-0.39, 0.29) is 11.6 Å². The molecular formula is C15H13N5O3. The van der Waals surface area contributed by atoms with Crippen molar-refractivity contribution in [2.45, 2.75) is 6.92 Å². The molecule has 0 radical (unpaired) electrons. The molecule has 0 saturated carbocycles. The standard InChI is InChI=1S/C15H13N5O3/c1-9-2-4-10(5-3-9)16-15(21)19-14-17-12-7-6-11(20(22)23)8-13(12)18-14/h2-8H,1H3,(H3,16,17,18,19,21). The Bertz CT molecular complexity index is 886. The van der Waals surface area contributed by atoms with Crippen molar-refractivity contribution in [2.24, 2.45) is 0 Å². The third-order valence-electron chi connectivity index (χ3n) is 3.22. The van der Waals surface area contributed by atoms with Crippen LogP contribution in [0.25, 0.3) is 11.0 Å². The van der Waals surface area contributed by atoms with E-state index < -0.39 is 11.0 Å². The summed E-state index contributed by atoms with van der Waals surface area (Å²) in [5, 5.41) is 16.0. The molecule has 0 saturated heterocycles. The number of urea groups is 1. The van der Waals surface area contributed by atoms with E-state index >= 15 is 0 Å². The van der Waals surface area contributed by atoms with E-state index in [1.165, 1.54) is 18.2 Å². The monoisotopic (exact) mass is 311 g/mol. The van der Waals surface area contributed by atoms with Gasteiger partial charge in [-0.2, -0.15) is 0 Å². The topological polar surface area (TPSA) is 113 Å². The van der Waals surface area contributed by atoms with Crippen LogP contribution >= 0.6 is 0 Å². The zero-order chi connectivity index (χ0) is 16.4. The Labute approximate surface area is 130 Å². The summed E-state index contributed by atoms with van der Waals surface area (Å²) in [6, 6.07) is 11.1. The van der Waals surface area contributed by atoms with Gasteiger partial charge in [-0.25, -0.2) is 9.78 Å². The molecule has 0 bridgehead atoms. The van der Waals surface area contributed by atoms with Gasteiger partial charge in [-0.15, -0.1) is 0 Å². The number of nitro groups is 1. The number of anilines is 2. The van der Waals surface area contributed by atoms with E-state index in [1.54, 1.807) is 12.1 Å². The SMILES string of the molecule is Cc1ccc(NC(=O)Nc2nc3ccc([N+](=O)[O-])cc3[nH]2)cc1. The molecule has 116 valence electrons. The number of hydrogen-bond acceptors (Lipinski definition) is 4. The number of carbonyl (C=O) groups excluding carboxylic acids is 1. The van der Waals surface area contributed by atoms with E-state index in [2.05, 4.69) is 20.6 Å². The lowest BCUT2D eigenvalue weighted by atomic mass is 10.2. The number of fused-ring (bicyclic) bond motifs is 1. The molecule has 2 aromatic carbocycles. The van der Waals surface area contributed by atoms with Crippen LogP contribution in [0.4, 0.5) is 22.1 Å². The van der Waals surface area contributed by atoms with E-state index in [0.29, 0.717) is 16.7 Å². The molecule has 0 spiro atoms. The van der Waals surface area contributed by atoms with Gasteiger partial charge in [-0.05, 0) is 25.1 Å². The van der Waals surface area contributed by atoms with Crippen molar-refractivity contribution in [1.29, 1.82) is 0 Å². The number of hydrogen-bond donors (Lipinski definition) is 3. The number of aryl methyl sites for hydroxylation is 1. The number of aromatic amines is 1. The van der Waals surface area contributed by atoms with Gasteiger partial charge in [0.05, 0.1) is 16.0 Å². The smallest absolute Gasteiger partial charge is 0.324 e. The first kappa shape index (κ1) is 14.5. The van der Waals surface area contributed by atoms with Gasteiger partial charge in [-0.3, -0.25) is 15.4 Å². The highest BCUT2D eigenvalue weighted by molar-refractivity contribution is 5.99. The highest BCUT2D eigenvalue weighted by Crippen LogP contribution is 2.20. The Morgan fingerprint density at radius 3 is 2.61 bits per heavy atom. The number of amides is 2. The van der Waals surface area contributed by atoms with Crippen molar-refractivity contribution in [3.8, 4) is 0 Å². The van der Waals surface area contributed by atoms with Crippen molar-refractivity contribution >= 4 is 34.4 Å². The molecule has 0 atom stereocenters. The van der Waals surface area contributed by atoms with E-state index in [1.807, 2.05) is 19.1 Å². The normalized spacial score (nSPS) is 10.5. The van der Waals surface area contributed by atoms with Gasteiger partial charge in [0.1, 0.15) is 0 Å². The molecule has 1 heterocycles. The molecule has 1 aromatic heterocycles. The molecule has 23 heavy (non-hydrogen) atoms. The van der Waals surface area contributed by atoms with Crippen LogP contribution in [0.5, 0.6) is 0 Å². The fourth-order valence-corrected chi connectivity index (χ4v) is 2.08. The molecule has 3 N–H and O–H groups in total. The first-order chi connectivity index (χ1) is 11.0. The van der Waals surface area contributed by atoms with Crippen LogP contribution in [0.2, 0.25) is 0 Å². The maximum atomic E-state index is 11.9. The molecule has 3 rings (SSSR count). The molecular weight excluding hydrogens is 298 g/mol. The minimum atomic E-state index is -0.489. The van der Waals surface area contributed by atoms with Gasteiger partial charge in [0.15, 0.2) is 0 Å². The fraction of sp³-hybridized carbons (Fsp3) is 0.0667. The van der Waals surface area contributed by atoms with Crippen LogP contribution in [0.15, 0.2) is 42.5 Å². The summed E-state index contributed by atoms with van der Waals surface area (Å²) in [6.07, 6.45) is 0. The lowest BCUT2D eigenvalue weighted by Gasteiger charge is -2.05. The maximum absolute atomic E-state index is 11.9. The third kappa shape index (κ3) is 3.26. The summed E-state index contributed by atoms with van der Waals surface area (Å²) in [7, 11) is 0. The van der Waals surface area contributed by atoms with Crippen molar-refractivity contribution < 1.29 is 9.72 Å². The van der Waals surface area contributed by atoms with Crippen molar-refractivity contribution in [1.82, 2.24) is 9.97 Å². The van der Waals surface area contributed by atoms with Crippen LogP contribution in [-0.4, -0.2) is 20.9 Å². The molecule has 2 amide bonds. The average Bonchev–Trinajstić information content (AvgIpc) is 2.90. The largest absolute Gasteiger partial charge is 0.326 e. The molecule has 0 unspecified atom stereocenters. The van der Waals surface area contributed by atoms with Crippen LogP contribution < -0.4 is 10.6 Å². The van der Waals surface area contributed by atoms with Gasteiger partial charge in [0.25, 0.3) is 5.69 Å². The van der Waals surface area contributed by atoms with Crippen molar-refractivity contribution in [2.75, 3.05) is 10.6 Å². The Hall–Kier alpha value is -3.42. The van der Waals surface area contributed by atoms with Crippen LogP contribution in [0.1, 0.15) is 5.56 Å². The minimum Gasteiger partial charge on any atom is -0.324 e. The summed E-state index contributed by atoms with van der Waals surface area (Å²) < 4.78 is 0. The van der Waals surface area contributed by atoms with Crippen molar-refractivity contribution in [3.05, 3.63) is 58.1 Å². The quantitative estimate of drug-likeness (QED) is 0.508. The molecule has 0 aliphatic rings. The molecule has 0 aliphatic carbocycles. The van der Waals surface area contributed by atoms with Crippen LogP contribution in [0.3, 0.4) is 0 Å². The van der Waals surface area contributed by atoms with Crippen molar-refractivity contribution in [3.63, 3.8) is 0 Å². The van der Waals surface area contributed by atoms with Gasteiger partial charge in [-0.1, -0.05) is 17.7 Å². The second kappa shape index (κ2) is 5.76. The number of aromatic nitrogens is 2. The highest BCUT2D eigenvalue weighted by Gasteiger charge is 2.11. The zero-order valence-electron chi connectivity index (χ0n) is 12.2. The summed E-state index contributed by atoms with van der Waals surface area (Å²) in [5.41, 5.74) is 2.71. The summed E-state index contributed by atoms with van der Waals surface area (Å²) in [4.78, 5) is 29.2. The Morgan fingerprint density at radius 2 is 1.91 bits per heavy atom. The van der Waals surface area contributed by atoms with Crippen LogP contribution in [-0.2, 0) is 0 Å². The van der Waals surface area contributed by atoms with Gasteiger partial charge < -0.3 is 10.3 Å². The first-order valence-corrected chi connectivity index (χ1v) is 6.80. The summed E-state index contributed by atoms with van der Waals surface area (Å²) in [6.45, 7) is 1.96. The predicted molar refractivity (Wildman–Crippen MR) is 86.6 cm³/mol. The van der Waals surface area contributed by atoms with E-state index in [9.17, 15) is 14.9 Å². The molecule has 0 fully saturated rings. The average molecular weight is 311 g/mol. The van der Waals surface area contributed by atoms with Gasteiger partial charge in [0.2, 0.25) is 5.95 Å². The zero-order valence-corrected chi connectivity index (χ0v) is 12.2. The molecule has 3 aromatic rings. The second-order valence-corrected chi connectivity index (χ2v) is 4.99. The number of H-pyrrole nitrogens is 1. The number of benzene rings is 2. The number of nitrogens with one attached hydrogen (secondary N) is 3. The number of rotatable bonds is 3. The molecule has 8 heteroatoms. The van der Waals surface area contributed by atoms with E-state index in [0.717, 1.165) is 5.56 Å². The molecule has 0 aliphatic heterocycles. The lowest BCUT2D eigenvalue weighted by Crippen LogP contribution is -2.20. The Balaban J connectivity index is 1.74. The lowest BCUT2D eigenvalue weighted by molar-refractivity contribution is -0.384. The van der Waals surface area contributed by atoms with Gasteiger partial charge in [0, 0.05) is 17.8 Å². The highest BCUT2D eigenvalue weighted by atomic mass is 16.6. The number of imidazole rings is 1. The Morgan fingerprint density at radius 1 is 1.17 bits per heavy atom. The number of non-ortho nitro benzene ring substituents is 1. The number of carbonyl (C=O) groups is 1. The number of nitrogens with zero attached hydrogens (tertiary/aromatic N) is 2. The second-order valence-electron chi connectivity index (χ2n) is 4.99. The fourth-order valence-electron chi connectivity index (χ4n) is 2.08. The Kier molecular flexibility index (Phi) is 3.63.